The summed E-state index contributed by atoms with van der Waals surface area (Å²) in [4.78, 5) is 15.3. The molecule has 0 aliphatic carbocycles. The molecule has 4 heteroatoms. The van der Waals surface area contributed by atoms with Crippen molar-refractivity contribution in [3.05, 3.63) is 29.8 Å². The minimum atomic E-state index is -0.381. The van der Waals surface area contributed by atoms with E-state index in [0.29, 0.717) is 17.9 Å². The Hall–Kier alpha value is -1.84. The number of rotatable bonds is 3. The normalized spacial score (nSPS) is 10.4. The van der Waals surface area contributed by atoms with Crippen LogP contribution >= 0.6 is 0 Å². The highest BCUT2D eigenvalue weighted by molar-refractivity contribution is 5.95. The Morgan fingerprint density at radius 2 is 2.29 bits per heavy atom. The van der Waals surface area contributed by atoms with Crippen LogP contribution in [0.1, 0.15) is 17.3 Å². The first-order valence-electron chi connectivity index (χ1n) is 4.30. The highest BCUT2D eigenvalue weighted by atomic mass is 16.5. The van der Waals surface area contributed by atoms with Crippen LogP contribution in [-0.2, 0) is 4.74 Å². The van der Waals surface area contributed by atoms with Gasteiger partial charge in [-0.1, -0.05) is 12.1 Å². The molecule has 0 radical (unpaired) electrons. The molecule has 14 heavy (non-hydrogen) atoms. The van der Waals surface area contributed by atoms with Gasteiger partial charge in [-0.15, -0.1) is 0 Å². The SMILES string of the molecule is CCOC(=O)c1ccccc1N=CN. The highest BCUT2D eigenvalue weighted by Crippen LogP contribution is 2.18. The van der Waals surface area contributed by atoms with Gasteiger partial charge in [0.2, 0.25) is 0 Å². The summed E-state index contributed by atoms with van der Waals surface area (Å²) in [5.74, 6) is -0.381. The maximum atomic E-state index is 11.4. The molecule has 0 aromatic heterocycles. The Labute approximate surface area is 82.4 Å². The van der Waals surface area contributed by atoms with Crippen LogP contribution in [0.4, 0.5) is 5.69 Å². The van der Waals surface area contributed by atoms with Crippen LogP contribution < -0.4 is 5.73 Å². The van der Waals surface area contributed by atoms with Crippen LogP contribution in [-0.4, -0.2) is 18.9 Å². The quantitative estimate of drug-likeness (QED) is 0.448. The third kappa shape index (κ3) is 2.32. The van der Waals surface area contributed by atoms with Crippen LogP contribution in [0.15, 0.2) is 29.3 Å². The standard InChI is InChI=1S/C10H12N2O2/c1-2-14-10(13)8-5-3-4-6-9(8)12-7-11/h3-7H,2H2,1H3,(H2,11,12). The van der Waals surface area contributed by atoms with Gasteiger partial charge >= 0.3 is 5.97 Å². The number of nitrogens with zero attached hydrogens (tertiary/aromatic N) is 1. The molecule has 1 aromatic carbocycles. The van der Waals surface area contributed by atoms with Gasteiger partial charge in [-0.3, -0.25) is 0 Å². The number of hydrogen-bond acceptors (Lipinski definition) is 3. The molecule has 0 atom stereocenters. The predicted molar refractivity (Wildman–Crippen MR) is 54.7 cm³/mol. The average Bonchev–Trinajstić information content (AvgIpc) is 2.19. The second-order valence-electron chi connectivity index (χ2n) is 2.52. The predicted octanol–water partition coefficient (Wildman–Crippen LogP) is 1.48. The molecular formula is C10H12N2O2. The zero-order valence-corrected chi connectivity index (χ0v) is 7.93. The van der Waals surface area contributed by atoms with Crippen LogP contribution in [0.25, 0.3) is 0 Å². The van der Waals surface area contributed by atoms with Gasteiger partial charge in [0.05, 0.1) is 24.2 Å². The minimum absolute atomic E-state index is 0.347. The van der Waals surface area contributed by atoms with Crippen LogP contribution in [0.5, 0.6) is 0 Å². The molecule has 0 bridgehead atoms. The molecule has 0 heterocycles. The molecule has 1 rings (SSSR count). The van der Waals surface area contributed by atoms with Crippen molar-refractivity contribution in [2.45, 2.75) is 6.92 Å². The molecule has 0 aliphatic heterocycles. The Morgan fingerprint density at radius 3 is 2.93 bits per heavy atom. The monoisotopic (exact) mass is 192 g/mol. The number of nitrogens with two attached hydrogens (primary N) is 1. The van der Waals surface area contributed by atoms with Crippen molar-refractivity contribution in [1.82, 2.24) is 0 Å². The number of benzene rings is 1. The lowest BCUT2D eigenvalue weighted by molar-refractivity contribution is 0.0527. The second kappa shape index (κ2) is 5.01. The second-order valence-corrected chi connectivity index (χ2v) is 2.52. The van der Waals surface area contributed by atoms with E-state index in [1.807, 2.05) is 0 Å². The lowest BCUT2D eigenvalue weighted by atomic mass is 10.2. The van der Waals surface area contributed by atoms with Crippen LogP contribution in [0, 0.1) is 0 Å². The summed E-state index contributed by atoms with van der Waals surface area (Å²) in [6, 6.07) is 6.89. The van der Waals surface area contributed by atoms with Crippen molar-refractivity contribution in [1.29, 1.82) is 0 Å². The van der Waals surface area contributed by atoms with Crippen molar-refractivity contribution in [2.75, 3.05) is 6.61 Å². The van der Waals surface area contributed by atoms with Gasteiger partial charge in [-0.25, -0.2) is 9.79 Å². The molecule has 74 valence electrons. The van der Waals surface area contributed by atoms with Crippen molar-refractivity contribution in [3.63, 3.8) is 0 Å². The number of carbonyl (C=O) groups excluding carboxylic acids is 1. The molecule has 0 fully saturated rings. The Bertz CT molecular complexity index is 348. The van der Waals surface area contributed by atoms with E-state index in [1.54, 1.807) is 31.2 Å². The van der Waals surface area contributed by atoms with Crippen LogP contribution in [0.2, 0.25) is 0 Å². The topological polar surface area (TPSA) is 64.7 Å². The van der Waals surface area contributed by atoms with E-state index in [2.05, 4.69) is 4.99 Å². The molecule has 4 nitrogen and oxygen atoms in total. The summed E-state index contributed by atoms with van der Waals surface area (Å²) in [7, 11) is 0. The molecular weight excluding hydrogens is 180 g/mol. The van der Waals surface area contributed by atoms with E-state index in [-0.39, 0.29) is 5.97 Å². The zero-order chi connectivity index (χ0) is 10.4. The maximum Gasteiger partial charge on any atom is 0.340 e. The van der Waals surface area contributed by atoms with Gasteiger partial charge in [0.1, 0.15) is 0 Å². The van der Waals surface area contributed by atoms with Gasteiger partial charge in [0, 0.05) is 0 Å². The summed E-state index contributed by atoms with van der Waals surface area (Å²) in [6.07, 6.45) is 1.15. The molecule has 0 aliphatic rings. The fraction of sp³-hybridized carbons (Fsp3) is 0.200. The smallest absolute Gasteiger partial charge is 0.340 e. The number of carbonyl (C=O) groups is 1. The van der Waals surface area contributed by atoms with Gasteiger partial charge in [0.25, 0.3) is 0 Å². The van der Waals surface area contributed by atoms with Gasteiger partial charge in [-0.2, -0.15) is 0 Å². The summed E-state index contributed by atoms with van der Waals surface area (Å²) in [6.45, 7) is 2.10. The maximum absolute atomic E-state index is 11.4. The number of para-hydroxylation sites is 1. The zero-order valence-electron chi connectivity index (χ0n) is 7.93. The largest absolute Gasteiger partial charge is 0.462 e. The van der Waals surface area contributed by atoms with Gasteiger partial charge in [0.15, 0.2) is 0 Å². The highest BCUT2D eigenvalue weighted by Gasteiger charge is 2.10. The molecule has 0 unspecified atom stereocenters. The van der Waals surface area contributed by atoms with Crippen LogP contribution in [0.3, 0.4) is 0 Å². The van der Waals surface area contributed by atoms with Crippen molar-refractivity contribution < 1.29 is 9.53 Å². The van der Waals surface area contributed by atoms with E-state index >= 15 is 0 Å². The van der Waals surface area contributed by atoms with E-state index in [0.717, 1.165) is 6.34 Å². The summed E-state index contributed by atoms with van der Waals surface area (Å²) in [5, 5.41) is 0. The fourth-order valence-electron chi connectivity index (χ4n) is 1.05. The summed E-state index contributed by atoms with van der Waals surface area (Å²) >= 11 is 0. The lowest BCUT2D eigenvalue weighted by Gasteiger charge is -2.03. The van der Waals surface area contributed by atoms with E-state index in [4.69, 9.17) is 10.5 Å². The fourth-order valence-corrected chi connectivity index (χ4v) is 1.05. The third-order valence-corrected chi connectivity index (χ3v) is 1.61. The number of aliphatic imine (C=N–C) groups is 1. The molecule has 0 saturated heterocycles. The molecule has 0 amide bonds. The summed E-state index contributed by atoms with van der Waals surface area (Å²) < 4.78 is 4.86. The molecule has 0 spiro atoms. The first-order valence-corrected chi connectivity index (χ1v) is 4.30. The van der Waals surface area contributed by atoms with Crippen molar-refractivity contribution in [3.8, 4) is 0 Å². The number of ether oxygens (including phenoxy) is 1. The molecule has 2 N–H and O–H groups in total. The Balaban J connectivity index is 3.00. The van der Waals surface area contributed by atoms with Gasteiger partial charge in [-0.05, 0) is 19.1 Å². The Morgan fingerprint density at radius 1 is 1.57 bits per heavy atom. The minimum Gasteiger partial charge on any atom is -0.462 e. The van der Waals surface area contributed by atoms with Crippen molar-refractivity contribution >= 4 is 18.0 Å². The van der Waals surface area contributed by atoms with Crippen molar-refractivity contribution in [2.24, 2.45) is 10.7 Å². The average molecular weight is 192 g/mol. The first kappa shape index (κ1) is 10.2. The molecule has 0 saturated carbocycles. The lowest BCUT2D eigenvalue weighted by Crippen LogP contribution is -2.04. The first-order chi connectivity index (χ1) is 6.79. The van der Waals surface area contributed by atoms with Gasteiger partial charge < -0.3 is 10.5 Å². The third-order valence-electron chi connectivity index (χ3n) is 1.61. The number of hydrogen-bond donors (Lipinski definition) is 1. The van der Waals surface area contributed by atoms with E-state index in [9.17, 15) is 4.79 Å². The number of esters is 1. The summed E-state index contributed by atoms with van der Waals surface area (Å²) in [5.41, 5.74) is 6.11. The van der Waals surface area contributed by atoms with E-state index < -0.39 is 0 Å². The molecule has 1 aromatic rings. The van der Waals surface area contributed by atoms with E-state index in [1.165, 1.54) is 0 Å². The Kier molecular flexibility index (Phi) is 3.67.